The molecule has 1 N–H and O–H groups in total. The number of carbonyl (C=O) groups is 1. The van der Waals surface area contributed by atoms with Crippen LogP contribution in [-0.4, -0.2) is 20.8 Å². The van der Waals surface area contributed by atoms with E-state index in [0.717, 1.165) is 5.01 Å². The van der Waals surface area contributed by atoms with Crippen LogP contribution in [0.25, 0.3) is 6.08 Å². The molecule has 0 saturated carbocycles. The highest BCUT2D eigenvalue weighted by Gasteiger charge is 2.22. The molecule has 24 heavy (non-hydrogen) atoms. The molecule has 0 atom stereocenters. The van der Waals surface area contributed by atoms with Gasteiger partial charge in [0.2, 0.25) is 0 Å². The molecule has 0 spiro atoms. The minimum atomic E-state index is -0.669. The molecule has 7 heteroatoms. The molecule has 1 heterocycles. The van der Waals surface area contributed by atoms with Gasteiger partial charge in [-0.3, -0.25) is 14.9 Å². The maximum atomic E-state index is 12.4. The smallest absolute Gasteiger partial charge is 0.311 e. The Morgan fingerprint density at radius 3 is 2.58 bits per heavy atom. The summed E-state index contributed by atoms with van der Waals surface area (Å²) in [5, 5.41) is 21.1. The second-order valence-electron chi connectivity index (χ2n) is 6.39. The predicted octanol–water partition coefficient (Wildman–Crippen LogP) is 4.26. The maximum Gasteiger partial charge on any atom is 0.311 e. The van der Waals surface area contributed by atoms with Crippen molar-refractivity contribution in [2.24, 2.45) is 0 Å². The van der Waals surface area contributed by atoms with Crippen molar-refractivity contribution in [3.05, 3.63) is 55.5 Å². The van der Waals surface area contributed by atoms with Gasteiger partial charge in [-0.25, -0.2) is 4.98 Å². The number of aromatic hydroxyl groups is 1. The highest BCUT2D eigenvalue weighted by molar-refractivity contribution is 7.14. The third-order valence-electron chi connectivity index (χ3n) is 3.29. The fourth-order valence-electron chi connectivity index (χ4n) is 1.98. The van der Waals surface area contributed by atoms with Gasteiger partial charge >= 0.3 is 5.69 Å². The van der Waals surface area contributed by atoms with Gasteiger partial charge in [0.1, 0.15) is 0 Å². The molecule has 2 aromatic rings. The van der Waals surface area contributed by atoms with E-state index in [0.29, 0.717) is 16.1 Å². The summed E-state index contributed by atoms with van der Waals surface area (Å²) in [6.07, 6.45) is 2.85. The molecule has 1 aromatic carbocycles. The van der Waals surface area contributed by atoms with Crippen molar-refractivity contribution < 1.29 is 14.8 Å². The summed E-state index contributed by atoms with van der Waals surface area (Å²) in [6, 6.07) is 3.96. The average molecular weight is 346 g/mol. The van der Waals surface area contributed by atoms with E-state index in [-0.39, 0.29) is 11.2 Å². The molecule has 0 amide bonds. The highest BCUT2D eigenvalue weighted by Crippen LogP contribution is 2.30. The molecule has 0 saturated heterocycles. The first-order chi connectivity index (χ1) is 11.1. The third-order valence-corrected chi connectivity index (χ3v) is 4.88. The van der Waals surface area contributed by atoms with Gasteiger partial charge in [-0.1, -0.05) is 32.9 Å². The van der Waals surface area contributed by atoms with Crippen LogP contribution in [0, 0.1) is 17.0 Å². The van der Waals surface area contributed by atoms with Gasteiger partial charge < -0.3 is 5.11 Å². The number of phenolic OH excluding ortho intramolecular Hbond substituents is 1. The highest BCUT2D eigenvalue weighted by atomic mass is 32.1. The molecule has 0 aliphatic carbocycles. The van der Waals surface area contributed by atoms with Gasteiger partial charge in [0, 0.05) is 11.5 Å². The topological polar surface area (TPSA) is 93.3 Å². The summed E-state index contributed by atoms with van der Waals surface area (Å²) in [6.45, 7) is 7.89. The number of allylic oxidation sites excluding steroid dienone is 1. The fourth-order valence-corrected chi connectivity index (χ4v) is 3.03. The van der Waals surface area contributed by atoms with E-state index in [1.54, 1.807) is 6.92 Å². The zero-order valence-electron chi connectivity index (χ0n) is 13.9. The number of phenols is 1. The van der Waals surface area contributed by atoms with Crippen LogP contribution in [-0.2, 0) is 5.41 Å². The van der Waals surface area contributed by atoms with Crippen molar-refractivity contribution >= 4 is 28.9 Å². The lowest BCUT2D eigenvalue weighted by molar-refractivity contribution is -0.385. The van der Waals surface area contributed by atoms with Gasteiger partial charge in [-0.15, -0.1) is 11.3 Å². The molecule has 126 valence electrons. The Morgan fingerprint density at radius 1 is 1.38 bits per heavy atom. The molecule has 1 aromatic heterocycles. The Bertz CT molecular complexity index is 832. The van der Waals surface area contributed by atoms with Crippen molar-refractivity contribution in [2.45, 2.75) is 33.1 Å². The minimum absolute atomic E-state index is 0.130. The zero-order chi connectivity index (χ0) is 18.1. The lowest BCUT2D eigenvalue weighted by atomic mass is 9.98. The monoisotopic (exact) mass is 346 g/mol. The van der Waals surface area contributed by atoms with Crippen LogP contribution in [0.15, 0.2) is 24.3 Å². The third kappa shape index (κ3) is 3.86. The number of hydrogen-bond donors (Lipinski definition) is 1. The van der Waals surface area contributed by atoms with E-state index >= 15 is 0 Å². The number of nitro groups is 1. The normalized spacial score (nSPS) is 11.8. The number of carbonyl (C=O) groups excluding carboxylic acids is 1. The Labute approximate surface area is 143 Å². The maximum absolute atomic E-state index is 12.4. The van der Waals surface area contributed by atoms with E-state index in [4.69, 9.17) is 0 Å². The summed E-state index contributed by atoms with van der Waals surface area (Å²) in [4.78, 5) is 27.5. The summed E-state index contributed by atoms with van der Waals surface area (Å²) in [7, 11) is 0. The largest absolute Gasteiger partial charge is 0.502 e. The van der Waals surface area contributed by atoms with Crippen LogP contribution in [0.4, 0.5) is 5.69 Å². The van der Waals surface area contributed by atoms with Crippen molar-refractivity contribution in [3.63, 3.8) is 0 Å². The SMILES string of the molecule is Cc1nc(C(C)(C)C)sc1C(=O)/C=C/c1ccc(O)c([N+](=O)[O-])c1. The fraction of sp³-hybridized carbons (Fsp3) is 0.294. The molecular weight excluding hydrogens is 328 g/mol. The summed E-state index contributed by atoms with van der Waals surface area (Å²) >= 11 is 1.36. The van der Waals surface area contributed by atoms with Gasteiger partial charge in [0.05, 0.1) is 20.5 Å². The first-order valence-electron chi connectivity index (χ1n) is 7.27. The van der Waals surface area contributed by atoms with Crippen molar-refractivity contribution in [1.29, 1.82) is 0 Å². The van der Waals surface area contributed by atoms with Crippen LogP contribution in [0.5, 0.6) is 5.75 Å². The Hall–Kier alpha value is -2.54. The van der Waals surface area contributed by atoms with Crippen molar-refractivity contribution in [1.82, 2.24) is 4.98 Å². The van der Waals surface area contributed by atoms with Gasteiger partial charge in [-0.2, -0.15) is 0 Å². The molecule has 0 radical (unpaired) electrons. The average Bonchev–Trinajstić information content (AvgIpc) is 2.88. The molecule has 2 rings (SSSR count). The van der Waals surface area contributed by atoms with E-state index < -0.39 is 16.4 Å². The molecule has 0 unspecified atom stereocenters. The first kappa shape index (κ1) is 17.8. The number of hydrogen-bond acceptors (Lipinski definition) is 6. The Kier molecular flexibility index (Phi) is 4.84. The second kappa shape index (κ2) is 6.52. The number of aromatic nitrogens is 1. The zero-order valence-corrected chi connectivity index (χ0v) is 14.7. The van der Waals surface area contributed by atoms with E-state index in [9.17, 15) is 20.0 Å². The summed E-state index contributed by atoms with van der Waals surface area (Å²) in [5.74, 6) is -0.604. The van der Waals surface area contributed by atoms with Gasteiger partial charge in [0.15, 0.2) is 11.5 Å². The van der Waals surface area contributed by atoms with Gasteiger partial charge in [0.25, 0.3) is 0 Å². The first-order valence-corrected chi connectivity index (χ1v) is 8.09. The number of thiazole rings is 1. The van der Waals surface area contributed by atoms with Crippen molar-refractivity contribution in [3.8, 4) is 5.75 Å². The van der Waals surface area contributed by atoms with E-state index in [1.807, 2.05) is 20.8 Å². The van der Waals surface area contributed by atoms with E-state index in [2.05, 4.69) is 4.98 Å². The second-order valence-corrected chi connectivity index (χ2v) is 7.39. The number of ketones is 1. The summed E-state index contributed by atoms with van der Waals surface area (Å²) in [5.41, 5.74) is 0.616. The quantitative estimate of drug-likeness (QED) is 0.386. The molecule has 0 aliphatic heterocycles. The van der Waals surface area contributed by atoms with Crippen LogP contribution < -0.4 is 0 Å². The Morgan fingerprint density at radius 2 is 2.04 bits per heavy atom. The molecule has 0 bridgehead atoms. The Balaban J connectivity index is 2.27. The lowest BCUT2D eigenvalue weighted by Gasteiger charge is -2.13. The lowest BCUT2D eigenvalue weighted by Crippen LogP contribution is -2.10. The number of benzene rings is 1. The van der Waals surface area contributed by atoms with E-state index in [1.165, 1.54) is 41.7 Å². The van der Waals surface area contributed by atoms with Crippen LogP contribution in [0.1, 0.15) is 46.7 Å². The predicted molar refractivity (Wildman–Crippen MR) is 93.7 cm³/mol. The number of rotatable bonds is 4. The molecule has 0 aliphatic rings. The van der Waals surface area contributed by atoms with Crippen molar-refractivity contribution in [2.75, 3.05) is 0 Å². The molecule has 0 fully saturated rings. The standard InChI is InChI=1S/C17H18N2O4S/c1-10-15(24-16(18-10)17(2,3)4)14(21)8-6-11-5-7-13(20)12(9-11)19(22)23/h5-9,20H,1-4H3/b8-6+. The number of aryl methyl sites for hydroxylation is 1. The van der Waals surface area contributed by atoms with Crippen LogP contribution in [0.3, 0.4) is 0 Å². The minimum Gasteiger partial charge on any atom is -0.502 e. The number of nitro benzene ring substituents is 1. The van der Waals surface area contributed by atoms with Crippen LogP contribution >= 0.6 is 11.3 Å². The molecule has 6 nitrogen and oxygen atoms in total. The van der Waals surface area contributed by atoms with Gasteiger partial charge in [-0.05, 0) is 24.6 Å². The molecular formula is C17H18N2O4S. The summed E-state index contributed by atoms with van der Waals surface area (Å²) < 4.78 is 0. The number of nitrogens with zero attached hydrogens (tertiary/aromatic N) is 2. The van der Waals surface area contributed by atoms with Crippen LogP contribution in [0.2, 0.25) is 0 Å².